The van der Waals surface area contributed by atoms with Gasteiger partial charge in [0.1, 0.15) is 29.4 Å². The van der Waals surface area contributed by atoms with Crippen LogP contribution >= 0.6 is 0 Å². The maximum Gasteiger partial charge on any atom is 0.356 e. The number of H-pyrrole nitrogens is 2. The fraction of sp³-hybridized carbons (Fsp3) is 0.0952. The van der Waals surface area contributed by atoms with Crippen molar-refractivity contribution in [2.45, 2.75) is 6.54 Å². The average molecular weight is 488 g/mol. The molecule has 15 heteroatoms. The molecule has 5 heterocycles. The number of carbonyl (C=O) groups is 3. The Morgan fingerprint density at radius 3 is 2.31 bits per heavy atom. The van der Waals surface area contributed by atoms with Gasteiger partial charge in [-0.15, -0.1) is 0 Å². The first-order chi connectivity index (χ1) is 17.5. The molecule has 2 amide bonds. The number of ether oxygens (including phenoxy) is 1. The molecule has 0 radical (unpaired) electrons. The Morgan fingerprint density at radius 2 is 1.61 bits per heavy atom. The third-order valence-electron chi connectivity index (χ3n) is 4.99. The molecule has 15 nitrogen and oxygen atoms in total. The van der Waals surface area contributed by atoms with Gasteiger partial charge in [0.25, 0.3) is 11.8 Å². The number of nitrogens with zero attached hydrogens (tertiary/aromatic N) is 6. The van der Waals surface area contributed by atoms with E-state index in [0.717, 1.165) is 5.56 Å². The van der Waals surface area contributed by atoms with E-state index in [1.807, 2.05) is 6.07 Å². The lowest BCUT2D eigenvalue weighted by atomic mass is 10.1. The molecule has 0 fully saturated rings. The number of carboxylic acids is 1. The first-order valence-electron chi connectivity index (χ1n) is 10.3. The third-order valence-corrected chi connectivity index (χ3v) is 4.99. The van der Waals surface area contributed by atoms with Crippen LogP contribution in [0.5, 0.6) is 5.75 Å². The zero-order valence-corrected chi connectivity index (χ0v) is 18.2. The smallest absolute Gasteiger partial charge is 0.356 e. The fourth-order valence-corrected chi connectivity index (χ4v) is 3.37. The minimum absolute atomic E-state index is 0.0109. The van der Waals surface area contributed by atoms with Gasteiger partial charge in [0.2, 0.25) is 0 Å². The molecule has 5 N–H and O–H groups in total. The van der Waals surface area contributed by atoms with Gasteiger partial charge in [-0.3, -0.25) is 9.59 Å². The van der Waals surface area contributed by atoms with Crippen LogP contribution in [0.3, 0.4) is 0 Å². The van der Waals surface area contributed by atoms with Crippen LogP contribution in [0.15, 0.2) is 43.5 Å². The van der Waals surface area contributed by atoms with E-state index in [2.05, 4.69) is 50.5 Å². The Balaban J connectivity index is 0.000000186. The van der Waals surface area contributed by atoms with Gasteiger partial charge in [-0.2, -0.15) is 0 Å². The van der Waals surface area contributed by atoms with Crippen LogP contribution in [0.1, 0.15) is 26.5 Å². The van der Waals surface area contributed by atoms with Crippen LogP contribution in [0, 0.1) is 0 Å². The lowest BCUT2D eigenvalue weighted by Gasteiger charge is -2.18. The second kappa shape index (κ2) is 9.41. The van der Waals surface area contributed by atoms with Gasteiger partial charge >= 0.3 is 5.97 Å². The number of carbonyl (C=O) groups excluding carboxylic acids is 2. The van der Waals surface area contributed by atoms with E-state index in [0.29, 0.717) is 33.8 Å². The zero-order chi connectivity index (χ0) is 25.1. The zero-order valence-electron chi connectivity index (χ0n) is 18.2. The second-order valence-electron chi connectivity index (χ2n) is 7.30. The number of benzene rings is 1. The summed E-state index contributed by atoms with van der Waals surface area (Å²) in [6.45, 7) is 0.290. The molecule has 6 rings (SSSR count). The highest BCUT2D eigenvalue weighted by molar-refractivity contribution is 6.02. The van der Waals surface area contributed by atoms with E-state index < -0.39 is 5.97 Å². The van der Waals surface area contributed by atoms with E-state index in [-0.39, 0.29) is 36.4 Å². The number of imidazole rings is 2. The molecule has 180 valence electrons. The van der Waals surface area contributed by atoms with Gasteiger partial charge in [0.05, 0.1) is 18.3 Å². The number of fused-ring (bicyclic) bond motifs is 3. The lowest BCUT2D eigenvalue weighted by molar-refractivity contribution is -0.118. The number of aromatic amines is 2. The summed E-state index contributed by atoms with van der Waals surface area (Å²) in [7, 11) is 0. The average Bonchev–Trinajstić information content (AvgIpc) is 3.56. The van der Waals surface area contributed by atoms with E-state index in [1.165, 1.54) is 25.3 Å². The number of aromatic carboxylic acids is 1. The van der Waals surface area contributed by atoms with Gasteiger partial charge in [0.15, 0.2) is 29.3 Å². The van der Waals surface area contributed by atoms with Crippen LogP contribution in [0.4, 0.5) is 5.69 Å². The third kappa shape index (κ3) is 4.47. The highest BCUT2D eigenvalue weighted by Crippen LogP contribution is 2.28. The maximum absolute atomic E-state index is 12.3. The van der Waals surface area contributed by atoms with Crippen LogP contribution in [0.2, 0.25) is 0 Å². The summed E-state index contributed by atoms with van der Waals surface area (Å²) in [5, 5.41) is 14.2. The quantitative estimate of drug-likeness (QED) is 0.237. The van der Waals surface area contributed by atoms with Crippen LogP contribution in [-0.4, -0.2) is 69.4 Å². The number of hydrogen-bond acceptors (Lipinski definition) is 10. The molecule has 5 aromatic rings. The summed E-state index contributed by atoms with van der Waals surface area (Å²) in [4.78, 5) is 62.9. The summed E-state index contributed by atoms with van der Waals surface area (Å²) in [5.74, 6) is -1.03. The number of hydrogen-bond donors (Lipinski definition) is 5. The first-order valence-corrected chi connectivity index (χ1v) is 10.3. The van der Waals surface area contributed by atoms with Crippen molar-refractivity contribution >= 4 is 45.8 Å². The molecule has 36 heavy (non-hydrogen) atoms. The molecule has 4 aromatic heterocycles. The number of amides is 2. The highest BCUT2D eigenvalue weighted by Gasteiger charge is 2.17. The highest BCUT2D eigenvalue weighted by atomic mass is 16.5. The Hall–Kier alpha value is -5.47. The Bertz CT molecular complexity index is 1610. The summed E-state index contributed by atoms with van der Waals surface area (Å²) in [6, 6.07) is 5.34. The maximum atomic E-state index is 12.3. The number of anilines is 1. The number of carboxylic acid groups (broad SMARTS) is 1. The Kier molecular flexibility index (Phi) is 5.84. The van der Waals surface area contributed by atoms with E-state index in [4.69, 9.17) is 9.84 Å². The molecule has 0 atom stereocenters. The SMILES string of the molecule is O=C(O)c1ncnc2nc[nH]c12.O=C1COc2ccc(CNC(=O)c3ncnc4nc[nH]c34)cc2N1. The van der Waals surface area contributed by atoms with E-state index >= 15 is 0 Å². The first kappa shape index (κ1) is 22.3. The van der Waals surface area contributed by atoms with Crippen molar-refractivity contribution in [1.82, 2.24) is 45.2 Å². The van der Waals surface area contributed by atoms with Crippen molar-refractivity contribution in [3.8, 4) is 5.75 Å². The normalized spacial score (nSPS) is 12.2. The summed E-state index contributed by atoms with van der Waals surface area (Å²) in [6.07, 6.45) is 5.31. The van der Waals surface area contributed by atoms with Crippen molar-refractivity contribution in [2.75, 3.05) is 11.9 Å². The lowest BCUT2D eigenvalue weighted by Crippen LogP contribution is -2.26. The standard InChI is InChI=1S/C15H12N6O3.C6H4N4O2/c22-11-5-24-10-2-1-8(3-9(10)21-11)4-16-15(23)13-12-14(19-6-17-12)20-7-18-13;11-6(12)4-3-5(9-1-7-3)10-2-8-4/h1-3,6-7H,4-5H2,(H,16,23)(H,21,22)(H,17,18,19,20);1-2H,(H,11,12)(H,7,8,9,10). The molecule has 0 unspecified atom stereocenters. The van der Waals surface area contributed by atoms with Crippen LogP contribution in [0.25, 0.3) is 22.3 Å². The number of nitrogens with one attached hydrogen (secondary N) is 4. The van der Waals surface area contributed by atoms with Crippen molar-refractivity contribution in [3.63, 3.8) is 0 Å². The predicted molar refractivity (Wildman–Crippen MR) is 122 cm³/mol. The minimum Gasteiger partial charge on any atom is -0.482 e. The van der Waals surface area contributed by atoms with Gasteiger partial charge in [-0.25, -0.2) is 34.7 Å². The second-order valence-corrected chi connectivity index (χ2v) is 7.30. The molecule has 0 aliphatic carbocycles. The molecule has 0 saturated heterocycles. The van der Waals surface area contributed by atoms with Gasteiger partial charge in [-0.1, -0.05) is 6.07 Å². The number of rotatable bonds is 4. The molecular formula is C21H16N10O5. The minimum atomic E-state index is -1.09. The predicted octanol–water partition coefficient (Wildman–Crippen LogP) is 0.665. The van der Waals surface area contributed by atoms with Gasteiger partial charge in [-0.05, 0) is 17.7 Å². The monoisotopic (exact) mass is 488 g/mol. The molecular weight excluding hydrogens is 472 g/mol. The molecule has 0 saturated carbocycles. The Morgan fingerprint density at radius 1 is 0.944 bits per heavy atom. The van der Waals surface area contributed by atoms with Crippen molar-refractivity contribution < 1.29 is 24.2 Å². The fourth-order valence-electron chi connectivity index (χ4n) is 3.37. The largest absolute Gasteiger partial charge is 0.482 e. The molecule has 1 aliphatic rings. The van der Waals surface area contributed by atoms with Crippen molar-refractivity contribution in [2.24, 2.45) is 0 Å². The van der Waals surface area contributed by atoms with Crippen LogP contribution in [-0.2, 0) is 11.3 Å². The van der Waals surface area contributed by atoms with Crippen LogP contribution < -0.4 is 15.4 Å². The van der Waals surface area contributed by atoms with Crippen molar-refractivity contribution in [1.29, 1.82) is 0 Å². The topological polar surface area (TPSA) is 214 Å². The molecule has 0 bridgehead atoms. The van der Waals surface area contributed by atoms with Gasteiger partial charge < -0.3 is 30.4 Å². The summed E-state index contributed by atoms with van der Waals surface area (Å²) in [5.41, 5.74) is 3.22. The van der Waals surface area contributed by atoms with Crippen molar-refractivity contribution in [3.05, 3.63) is 60.5 Å². The Labute approximate surface area is 200 Å². The molecule has 1 aliphatic heterocycles. The molecule has 0 spiro atoms. The van der Waals surface area contributed by atoms with Gasteiger partial charge in [0, 0.05) is 6.54 Å². The number of aromatic nitrogens is 8. The van der Waals surface area contributed by atoms with E-state index in [1.54, 1.807) is 12.1 Å². The summed E-state index contributed by atoms with van der Waals surface area (Å²) < 4.78 is 5.30. The van der Waals surface area contributed by atoms with E-state index in [9.17, 15) is 14.4 Å². The summed E-state index contributed by atoms with van der Waals surface area (Å²) >= 11 is 0. The molecule has 1 aromatic carbocycles.